The second-order valence-corrected chi connectivity index (χ2v) is 12.0. The Bertz CT molecular complexity index is 1110. The Kier molecular flexibility index (Phi) is 12.2. The van der Waals surface area contributed by atoms with E-state index in [9.17, 15) is 19.5 Å². The zero-order valence-electron chi connectivity index (χ0n) is 25.3. The van der Waals surface area contributed by atoms with Crippen LogP contribution in [0.2, 0.25) is 0 Å². The zero-order valence-corrected chi connectivity index (χ0v) is 25.3. The van der Waals surface area contributed by atoms with Crippen LogP contribution < -0.4 is 10.6 Å². The maximum atomic E-state index is 14.1. The molecule has 0 bridgehead atoms. The Hall–Kier alpha value is -3.39. The average molecular weight is 554 g/mol. The summed E-state index contributed by atoms with van der Waals surface area (Å²) in [5.74, 6) is -0.504. The van der Waals surface area contributed by atoms with Gasteiger partial charge >= 0.3 is 6.09 Å². The number of carbonyl (C=O) groups excluding carboxylic acids is 3. The SMILES string of the molecule is Cc1cc(C)cc(C(C(=O)NCc2ccccc2)N(C(=O)C(CO)NC(=O)OC(C)(C)C)C(C)CCC(C)C)c1. The number of nitrogens with zero attached hydrogens (tertiary/aromatic N) is 1. The molecule has 3 amide bonds. The molecule has 3 N–H and O–H groups in total. The normalized spacial score (nSPS) is 13.8. The molecule has 0 saturated carbocycles. The quantitative estimate of drug-likeness (QED) is 0.335. The van der Waals surface area contributed by atoms with Crippen LogP contribution in [0.3, 0.4) is 0 Å². The van der Waals surface area contributed by atoms with Crippen molar-refractivity contribution in [2.24, 2.45) is 5.92 Å². The number of hydrogen-bond acceptors (Lipinski definition) is 5. The number of aliphatic hydroxyl groups is 1. The number of nitrogens with one attached hydrogen (secondary N) is 2. The van der Waals surface area contributed by atoms with Crippen molar-refractivity contribution in [1.82, 2.24) is 15.5 Å². The van der Waals surface area contributed by atoms with Crippen molar-refractivity contribution in [1.29, 1.82) is 0 Å². The Morgan fingerprint density at radius 2 is 1.55 bits per heavy atom. The van der Waals surface area contributed by atoms with Crippen LogP contribution in [0.4, 0.5) is 4.79 Å². The number of hydrogen-bond donors (Lipinski definition) is 3. The lowest BCUT2D eigenvalue weighted by molar-refractivity contribution is -0.146. The molecule has 0 aliphatic carbocycles. The second kappa shape index (κ2) is 14.8. The number of carbonyl (C=O) groups is 3. The number of rotatable bonds is 12. The molecule has 3 unspecified atom stereocenters. The van der Waals surface area contributed by atoms with E-state index in [4.69, 9.17) is 4.74 Å². The van der Waals surface area contributed by atoms with E-state index in [1.165, 1.54) is 4.90 Å². The van der Waals surface area contributed by atoms with Crippen molar-refractivity contribution in [3.8, 4) is 0 Å². The summed E-state index contributed by atoms with van der Waals surface area (Å²) < 4.78 is 5.34. The number of amides is 3. The molecular weight excluding hydrogens is 506 g/mol. The molecule has 2 aromatic carbocycles. The van der Waals surface area contributed by atoms with E-state index < -0.39 is 36.3 Å². The minimum absolute atomic E-state index is 0.295. The summed E-state index contributed by atoms with van der Waals surface area (Å²) in [6.07, 6.45) is 0.659. The molecule has 220 valence electrons. The zero-order chi connectivity index (χ0) is 30.0. The fraction of sp³-hybridized carbons (Fsp3) is 0.531. The van der Waals surface area contributed by atoms with Gasteiger partial charge in [-0.1, -0.05) is 73.5 Å². The number of aliphatic hydroxyl groups excluding tert-OH is 1. The minimum Gasteiger partial charge on any atom is -0.444 e. The van der Waals surface area contributed by atoms with Crippen molar-refractivity contribution >= 4 is 17.9 Å². The molecule has 0 fully saturated rings. The summed E-state index contributed by atoms with van der Waals surface area (Å²) >= 11 is 0. The fourth-order valence-corrected chi connectivity index (χ4v) is 4.62. The molecule has 0 aliphatic heterocycles. The lowest BCUT2D eigenvalue weighted by Crippen LogP contribution is -2.56. The van der Waals surface area contributed by atoms with Gasteiger partial charge in [0.05, 0.1) is 6.61 Å². The van der Waals surface area contributed by atoms with Gasteiger partial charge < -0.3 is 25.4 Å². The van der Waals surface area contributed by atoms with E-state index in [0.29, 0.717) is 24.4 Å². The number of alkyl carbamates (subject to hydrolysis) is 1. The predicted octanol–water partition coefficient (Wildman–Crippen LogP) is 5.20. The molecule has 2 aromatic rings. The summed E-state index contributed by atoms with van der Waals surface area (Å²) in [4.78, 5) is 42.2. The first-order chi connectivity index (χ1) is 18.7. The highest BCUT2D eigenvalue weighted by atomic mass is 16.6. The van der Waals surface area contributed by atoms with Crippen molar-refractivity contribution in [3.63, 3.8) is 0 Å². The van der Waals surface area contributed by atoms with Crippen molar-refractivity contribution in [2.75, 3.05) is 6.61 Å². The van der Waals surface area contributed by atoms with Crippen LogP contribution in [0.1, 0.15) is 82.7 Å². The van der Waals surface area contributed by atoms with E-state index >= 15 is 0 Å². The maximum Gasteiger partial charge on any atom is 0.408 e. The number of benzene rings is 2. The lowest BCUT2D eigenvalue weighted by atomic mass is 9.95. The van der Waals surface area contributed by atoms with Gasteiger partial charge in [0.25, 0.3) is 0 Å². The van der Waals surface area contributed by atoms with Crippen LogP contribution in [-0.2, 0) is 20.9 Å². The molecule has 8 heteroatoms. The van der Waals surface area contributed by atoms with Crippen LogP contribution >= 0.6 is 0 Å². The summed E-state index contributed by atoms with van der Waals surface area (Å²) in [6, 6.07) is 12.8. The van der Waals surface area contributed by atoms with E-state index in [1.807, 2.05) is 69.3 Å². The molecule has 0 radical (unpaired) electrons. The van der Waals surface area contributed by atoms with Gasteiger partial charge in [-0.05, 0) is 71.4 Å². The average Bonchev–Trinajstić information content (AvgIpc) is 2.86. The first-order valence-corrected chi connectivity index (χ1v) is 14.0. The smallest absolute Gasteiger partial charge is 0.408 e. The topological polar surface area (TPSA) is 108 Å². The fourth-order valence-electron chi connectivity index (χ4n) is 4.62. The molecular formula is C32H47N3O5. The first kappa shape index (κ1) is 32.8. The van der Waals surface area contributed by atoms with Crippen molar-refractivity contribution in [2.45, 2.75) is 98.5 Å². The Morgan fingerprint density at radius 1 is 0.950 bits per heavy atom. The molecule has 0 heterocycles. The standard InChI is InChI=1S/C32H47N3O5/c1-21(2)14-15-24(5)35(30(38)27(20-36)34-31(39)40-32(6,7)8)28(26-17-22(3)16-23(4)18-26)29(37)33-19-25-12-10-9-11-13-25/h9-13,16-18,21,24,27-28,36H,14-15,19-20H2,1-8H3,(H,33,37)(H,34,39). The Balaban J connectivity index is 2.54. The Labute approximate surface area is 239 Å². The predicted molar refractivity (Wildman–Crippen MR) is 158 cm³/mol. The highest BCUT2D eigenvalue weighted by molar-refractivity contribution is 5.92. The molecule has 0 spiro atoms. The highest BCUT2D eigenvalue weighted by Gasteiger charge is 2.38. The van der Waals surface area contributed by atoms with Crippen LogP contribution in [0.15, 0.2) is 48.5 Å². The summed E-state index contributed by atoms with van der Waals surface area (Å²) in [5.41, 5.74) is 2.74. The van der Waals surface area contributed by atoms with E-state index in [0.717, 1.165) is 23.1 Å². The Morgan fingerprint density at radius 3 is 2.08 bits per heavy atom. The van der Waals surface area contributed by atoms with Gasteiger partial charge in [0.2, 0.25) is 11.8 Å². The van der Waals surface area contributed by atoms with Crippen molar-refractivity contribution in [3.05, 3.63) is 70.8 Å². The third kappa shape index (κ3) is 10.3. The number of aryl methyl sites for hydroxylation is 2. The van der Waals surface area contributed by atoms with Gasteiger partial charge in [0, 0.05) is 12.6 Å². The summed E-state index contributed by atoms with van der Waals surface area (Å²) in [7, 11) is 0. The number of ether oxygens (including phenoxy) is 1. The summed E-state index contributed by atoms with van der Waals surface area (Å²) in [5, 5.41) is 15.7. The molecule has 0 aromatic heterocycles. The minimum atomic E-state index is -1.29. The lowest BCUT2D eigenvalue weighted by Gasteiger charge is -2.38. The monoisotopic (exact) mass is 553 g/mol. The van der Waals surface area contributed by atoms with E-state index in [2.05, 4.69) is 24.5 Å². The first-order valence-electron chi connectivity index (χ1n) is 14.0. The third-order valence-electron chi connectivity index (χ3n) is 6.46. The van der Waals surface area contributed by atoms with Gasteiger partial charge in [-0.2, -0.15) is 0 Å². The molecule has 8 nitrogen and oxygen atoms in total. The van der Waals surface area contributed by atoms with Gasteiger partial charge in [0.15, 0.2) is 0 Å². The van der Waals surface area contributed by atoms with Crippen molar-refractivity contribution < 1.29 is 24.2 Å². The van der Waals surface area contributed by atoms with Crippen LogP contribution in [-0.4, -0.2) is 52.2 Å². The van der Waals surface area contributed by atoms with Gasteiger partial charge in [0.1, 0.15) is 17.7 Å². The molecule has 3 atom stereocenters. The van der Waals surface area contributed by atoms with Crippen LogP contribution in [0.25, 0.3) is 0 Å². The molecule has 0 saturated heterocycles. The molecule has 0 aliphatic rings. The van der Waals surface area contributed by atoms with Gasteiger partial charge in [-0.15, -0.1) is 0 Å². The second-order valence-electron chi connectivity index (χ2n) is 12.0. The highest BCUT2D eigenvalue weighted by Crippen LogP contribution is 2.29. The van der Waals surface area contributed by atoms with Gasteiger partial charge in [-0.3, -0.25) is 9.59 Å². The largest absolute Gasteiger partial charge is 0.444 e. The summed E-state index contributed by atoms with van der Waals surface area (Å²) in [6.45, 7) is 14.8. The molecule has 2 rings (SSSR count). The maximum absolute atomic E-state index is 14.1. The molecule has 40 heavy (non-hydrogen) atoms. The van der Waals surface area contributed by atoms with Crippen LogP contribution in [0, 0.1) is 19.8 Å². The van der Waals surface area contributed by atoms with E-state index in [-0.39, 0.29) is 11.9 Å². The van der Waals surface area contributed by atoms with E-state index in [1.54, 1.807) is 20.8 Å². The van der Waals surface area contributed by atoms with Gasteiger partial charge in [-0.25, -0.2) is 4.79 Å². The third-order valence-corrected chi connectivity index (χ3v) is 6.46. The van der Waals surface area contributed by atoms with Crippen LogP contribution in [0.5, 0.6) is 0 Å².